The molecule has 0 saturated heterocycles. The molecule has 0 N–H and O–H groups in total. The third kappa shape index (κ3) is 1.27. The van der Waals surface area contributed by atoms with Crippen molar-refractivity contribution < 1.29 is 9.59 Å². The first kappa shape index (κ1) is 9.28. The first-order valence-corrected chi connectivity index (χ1v) is 5.30. The van der Waals surface area contributed by atoms with E-state index in [1.165, 1.54) is 6.08 Å². The standard InChI is InChI=1S/C14H10O2/c15-11-5-6-13-10(8-11)7-9-3-1-2-4-12(9)14(13)16/h1-7,12H,8H2. The van der Waals surface area contributed by atoms with E-state index in [2.05, 4.69) is 0 Å². The van der Waals surface area contributed by atoms with Crippen molar-refractivity contribution in [2.24, 2.45) is 5.92 Å². The summed E-state index contributed by atoms with van der Waals surface area (Å²) in [5, 5.41) is 0. The molecule has 16 heavy (non-hydrogen) atoms. The van der Waals surface area contributed by atoms with Gasteiger partial charge in [0.2, 0.25) is 0 Å². The lowest BCUT2D eigenvalue weighted by molar-refractivity contribution is -0.116. The highest BCUT2D eigenvalue weighted by Gasteiger charge is 2.30. The summed E-state index contributed by atoms with van der Waals surface area (Å²) in [5.74, 6) is 0.0237. The number of carbonyl (C=O) groups excluding carboxylic acids is 2. The molecule has 1 atom stereocenters. The fraction of sp³-hybridized carbons (Fsp3) is 0.143. The zero-order valence-electron chi connectivity index (χ0n) is 8.64. The van der Waals surface area contributed by atoms with Gasteiger partial charge >= 0.3 is 0 Å². The third-order valence-corrected chi connectivity index (χ3v) is 3.10. The minimum atomic E-state index is -0.151. The Bertz CT molecular complexity index is 539. The van der Waals surface area contributed by atoms with Gasteiger partial charge in [-0.05, 0) is 23.3 Å². The molecule has 0 aromatic carbocycles. The Morgan fingerprint density at radius 1 is 1.06 bits per heavy atom. The smallest absolute Gasteiger partial charge is 0.174 e. The Kier molecular flexibility index (Phi) is 1.90. The molecule has 1 unspecified atom stereocenters. The van der Waals surface area contributed by atoms with Crippen molar-refractivity contribution in [3.8, 4) is 0 Å². The second-order valence-electron chi connectivity index (χ2n) is 4.15. The van der Waals surface area contributed by atoms with Crippen molar-refractivity contribution in [1.82, 2.24) is 0 Å². The first-order chi connectivity index (χ1) is 7.75. The van der Waals surface area contributed by atoms with Crippen LogP contribution in [-0.4, -0.2) is 11.6 Å². The van der Waals surface area contributed by atoms with Gasteiger partial charge in [-0.2, -0.15) is 0 Å². The zero-order chi connectivity index (χ0) is 11.1. The van der Waals surface area contributed by atoms with Gasteiger partial charge in [-0.15, -0.1) is 0 Å². The SMILES string of the molecule is O=C1C=CC2=C(C=C3C=CC=CC3C2=O)C1. The van der Waals surface area contributed by atoms with Crippen LogP contribution in [0, 0.1) is 5.92 Å². The van der Waals surface area contributed by atoms with Crippen molar-refractivity contribution in [3.05, 3.63) is 59.3 Å². The summed E-state index contributed by atoms with van der Waals surface area (Å²) in [6.45, 7) is 0. The van der Waals surface area contributed by atoms with E-state index in [1.54, 1.807) is 6.08 Å². The summed E-state index contributed by atoms with van der Waals surface area (Å²) in [4.78, 5) is 23.4. The molecule has 0 heterocycles. The van der Waals surface area contributed by atoms with Gasteiger partial charge in [0.1, 0.15) is 0 Å². The van der Waals surface area contributed by atoms with Gasteiger partial charge in [0.05, 0.1) is 5.92 Å². The predicted octanol–water partition coefficient (Wildman–Crippen LogP) is 2.06. The van der Waals surface area contributed by atoms with E-state index in [0.29, 0.717) is 12.0 Å². The van der Waals surface area contributed by atoms with E-state index in [9.17, 15) is 9.59 Å². The average molecular weight is 210 g/mol. The van der Waals surface area contributed by atoms with Crippen LogP contribution in [0.2, 0.25) is 0 Å². The Hall–Kier alpha value is -1.96. The van der Waals surface area contributed by atoms with Gasteiger partial charge in [-0.25, -0.2) is 0 Å². The zero-order valence-corrected chi connectivity index (χ0v) is 8.64. The Balaban J connectivity index is 2.12. The van der Waals surface area contributed by atoms with Gasteiger partial charge in [-0.3, -0.25) is 9.59 Å². The molecule has 0 aromatic rings. The molecule has 0 aliphatic heterocycles. The fourth-order valence-electron chi connectivity index (χ4n) is 2.30. The molecule has 2 nitrogen and oxygen atoms in total. The number of ketones is 2. The lowest BCUT2D eigenvalue weighted by atomic mass is 9.77. The molecule has 0 saturated carbocycles. The van der Waals surface area contributed by atoms with Gasteiger partial charge in [0.25, 0.3) is 0 Å². The van der Waals surface area contributed by atoms with E-state index in [4.69, 9.17) is 0 Å². The number of allylic oxidation sites excluding steroid dienone is 10. The molecule has 0 amide bonds. The van der Waals surface area contributed by atoms with Crippen LogP contribution < -0.4 is 0 Å². The molecule has 0 spiro atoms. The van der Waals surface area contributed by atoms with Gasteiger partial charge in [-0.1, -0.05) is 30.4 Å². The average Bonchev–Trinajstić information content (AvgIpc) is 2.29. The second kappa shape index (κ2) is 3.27. The quantitative estimate of drug-likeness (QED) is 0.613. The highest BCUT2D eigenvalue weighted by atomic mass is 16.1. The van der Waals surface area contributed by atoms with Crippen molar-refractivity contribution in [2.45, 2.75) is 6.42 Å². The summed E-state index contributed by atoms with van der Waals surface area (Å²) in [7, 11) is 0. The summed E-state index contributed by atoms with van der Waals surface area (Å²) in [6.07, 6.45) is 13.1. The number of fused-ring (bicyclic) bond motifs is 1. The molecule has 0 aromatic heterocycles. The van der Waals surface area contributed by atoms with Crippen LogP contribution >= 0.6 is 0 Å². The van der Waals surface area contributed by atoms with Crippen LogP contribution in [0.1, 0.15) is 6.42 Å². The Morgan fingerprint density at radius 2 is 1.94 bits per heavy atom. The van der Waals surface area contributed by atoms with Crippen LogP contribution in [0.4, 0.5) is 0 Å². The van der Waals surface area contributed by atoms with Crippen molar-refractivity contribution in [2.75, 3.05) is 0 Å². The predicted molar refractivity (Wildman–Crippen MR) is 60.7 cm³/mol. The molecule has 3 rings (SSSR count). The van der Waals surface area contributed by atoms with Crippen molar-refractivity contribution in [1.29, 1.82) is 0 Å². The summed E-state index contributed by atoms with van der Waals surface area (Å²) < 4.78 is 0. The summed E-state index contributed by atoms with van der Waals surface area (Å²) in [5.41, 5.74) is 2.56. The molecule has 2 heteroatoms. The van der Waals surface area contributed by atoms with E-state index < -0.39 is 0 Å². The highest BCUT2D eigenvalue weighted by molar-refractivity contribution is 6.09. The minimum absolute atomic E-state index is 0.0668. The minimum Gasteiger partial charge on any atom is -0.294 e. The van der Waals surface area contributed by atoms with Crippen LogP contribution in [0.25, 0.3) is 0 Å². The highest BCUT2D eigenvalue weighted by Crippen LogP contribution is 2.33. The van der Waals surface area contributed by atoms with Gasteiger partial charge < -0.3 is 0 Å². The number of rotatable bonds is 0. The lowest BCUT2D eigenvalue weighted by Crippen LogP contribution is -2.23. The molecule has 0 bridgehead atoms. The van der Waals surface area contributed by atoms with Gasteiger partial charge in [0, 0.05) is 12.0 Å². The Labute approximate surface area is 93.3 Å². The van der Waals surface area contributed by atoms with E-state index >= 15 is 0 Å². The maximum atomic E-state index is 12.2. The van der Waals surface area contributed by atoms with Gasteiger partial charge in [0.15, 0.2) is 11.6 Å². The van der Waals surface area contributed by atoms with Crippen LogP contribution in [-0.2, 0) is 9.59 Å². The molecule has 3 aliphatic rings. The third-order valence-electron chi connectivity index (χ3n) is 3.10. The first-order valence-electron chi connectivity index (χ1n) is 5.30. The topological polar surface area (TPSA) is 34.1 Å². The van der Waals surface area contributed by atoms with E-state index in [1.807, 2.05) is 30.4 Å². The normalized spacial score (nSPS) is 26.8. The van der Waals surface area contributed by atoms with Crippen molar-refractivity contribution >= 4 is 11.6 Å². The molecule has 78 valence electrons. The maximum Gasteiger partial charge on any atom is 0.174 e. The Morgan fingerprint density at radius 3 is 2.81 bits per heavy atom. The van der Waals surface area contributed by atoms with Crippen molar-refractivity contribution in [3.63, 3.8) is 0 Å². The molecule has 3 aliphatic carbocycles. The lowest BCUT2D eigenvalue weighted by Gasteiger charge is -2.24. The summed E-state index contributed by atoms with van der Waals surface area (Å²) >= 11 is 0. The number of hydrogen-bond donors (Lipinski definition) is 0. The molecular formula is C14H10O2. The van der Waals surface area contributed by atoms with E-state index in [-0.39, 0.29) is 17.5 Å². The molecular weight excluding hydrogens is 200 g/mol. The number of hydrogen-bond acceptors (Lipinski definition) is 2. The second-order valence-corrected chi connectivity index (χ2v) is 4.15. The molecule has 0 fully saturated rings. The fourth-order valence-corrected chi connectivity index (χ4v) is 2.30. The van der Waals surface area contributed by atoms with E-state index in [0.717, 1.165) is 11.1 Å². The summed E-state index contributed by atoms with van der Waals surface area (Å²) in [6, 6.07) is 0. The van der Waals surface area contributed by atoms with Crippen LogP contribution in [0.5, 0.6) is 0 Å². The molecule has 0 radical (unpaired) electrons. The largest absolute Gasteiger partial charge is 0.294 e. The number of Topliss-reactive ketones (excluding diaryl/α,β-unsaturated/α-hetero) is 1. The van der Waals surface area contributed by atoms with Crippen LogP contribution in [0.15, 0.2) is 59.3 Å². The monoisotopic (exact) mass is 210 g/mol. The maximum absolute atomic E-state index is 12.2. The van der Waals surface area contributed by atoms with Crippen LogP contribution in [0.3, 0.4) is 0 Å². The number of carbonyl (C=O) groups is 2.